The Morgan fingerprint density at radius 2 is 2.14 bits per heavy atom. The molecule has 0 aromatic heterocycles. The first-order valence-corrected chi connectivity index (χ1v) is 7.80. The highest BCUT2D eigenvalue weighted by Gasteiger charge is 2.31. The van der Waals surface area contributed by atoms with E-state index < -0.39 is 0 Å². The summed E-state index contributed by atoms with van der Waals surface area (Å²) in [4.78, 5) is 0. The van der Waals surface area contributed by atoms with Gasteiger partial charge in [0, 0.05) is 12.6 Å². The summed E-state index contributed by atoms with van der Waals surface area (Å²) in [6, 6.07) is 4.66. The lowest BCUT2D eigenvalue weighted by Gasteiger charge is -2.39. The molecule has 0 spiro atoms. The highest BCUT2D eigenvalue weighted by Crippen LogP contribution is 2.42. The molecule has 116 valence electrons. The Kier molecular flexibility index (Phi) is 3.98. The Balaban J connectivity index is 1.71. The van der Waals surface area contributed by atoms with E-state index >= 15 is 0 Å². The zero-order chi connectivity index (χ0) is 14.9. The molecular formula is C17H25NO3. The second kappa shape index (κ2) is 5.76. The molecule has 1 saturated carbocycles. The summed E-state index contributed by atoms with van der Waals surface area (Å²) in [5, 5.41) is 3.72. The van der Waals surface area contributed by atoms with Crippen molar-refractivity contribution >= 4 is 0 Å². The summed E-state index contributed by atoms with van der Waals surface area (Å²) >= 11 is 0. The monoisotopic (exact) mass is 291 g/mol. The third kappa shape index (κ3) is 2.95. The van der Waals surface area contributed by atoms with Gasteiger partial charge < -0.3 is 19.5 Å². The highest BCUT2D eigenvalue weighted by atomic mass is 16.7. The molecule has 21 heavy (non-hydrogen) atoms. The van der Waals surface area contributed by atoms with Crippen LogP contribution in [0.15, 0.2) is 12.1 Å². The molecule has 4 nitrogen and oxygen atoms in total. The van der Waals surface area contributed by atoms with E-state index in [0.717, 1.165) is 23.8 Å². The summed E-state index contributed by atoms with van der Waals surface area (Å²) in [6.45, 7) is 5.84. The molecule has 1 aromatic rings. The van der Waals surface area contributed by atoms with Crippen LogP contribution in [0, 0.1) is 5.41 Å². The summed E-state index contributed by atoms with van der Waals surface area (Å²) in [6.07, 6.45) is 5.23. The van der Waals surface area contributed by atoms with E-state index in [0.29, 0.717) is 11.5 Å². The van der Waals surface area contributed by atoms with E-state index in [2.05, 4.69) is 19.2 Å². The van der Waals surface area contributed by atoms with Gasteiger partial charge in [0.2, 0.25) is 12.5 Å². The molecule has 1 unspecified atom stereocenters. The average molecular weight is 291 g/mol. The molecular weight excluding hydrogens is 266 g/mol. The van der Waals surface area contributed by atoms with Gasteiger partial charge in [-0.1, -0.05) is 26.7 Å². The van der Waals surface area contributed by atoms with E-state index in [1.54, 1.807) is 7.11 Å². The minimum absolute atomic E-state index is 0.276. The molecule has 1 fully saturated rings. The smallest absolute Gasteiger partial charge is 0.231 e. The second-order valence-corrected chi connectivity index (χ2v) is 6.70. The topological polar surface area (TPSA) is 39.7 Å². The number of fused-ring (bicyclic) bond motifs is 1. The lowest BCUT2D eigenvalue weighted by molar-refractivity contribution is 0.166. The molecule has 1 N–H and O–H groups in total. The Morgan fingerprint density at radius 1 is 1.29 bits per heavy atom. The van der Waals surface area contributed by atoms with Crippen LogP contribution < -0.4 is 19.5 Å². The Morgan fingerprint density at radius 3 is 2.90 bits per heavy atom. The molecule has 4 heteroatoms. The van der Waals surface area contributed by atoms with Gasteiger partial charge in [0.15, 0.2) is 11.5 Å². The standard InChI is InChI=1S/C17H25NO3/c1-17(2)7-5-4-6-15(17)18-10-12-8-13(19-3)16-14(9-12)20-11-21-16/h8-9,15,18H,4-7,10-11H2,1-3H3. The van der Waals surface area contributed by atoms with Crippen LogP contribution in [0.5, 0.6) is 17.2 Å². The second-order valence-electron chi connectivity index (χ2n) is 6.70. The molecule has 0 radical (unpaired) electrons. The molecule has 0 bridgehead atoms. The summed E-state index contributed by atoms with van der Waals surface area (Å²) in [7, 11) is 1.67. The minimum Gasteiger partial charge on any atom is -0.493 e. The predicted octanol–water partition coefficient (Wildman–Crippen LogP) is 3.48. The van der Waals surface area contributed by atoms with Crippen LogP contribution in [-0.4, -0.2) is 19.9 Å². The third-order valence-electron chi connectivity index (χ3n) is 4.78. The van der Waals surface area contributed by atoms with Gasteiger partial charge in [0.05, 0.1) is 7.11 Å². The zero-order valence-electron chi connectivity index (χ0n) is 13.2. The fraction of sp³-hybridized carbons (Fsp3) is 0.647. The van der Waals surface area contributed by atoms with Crippen molar-refractivity contribution in [3.63, 3.8) is 0 Å². The molecule has 0 amide bonds. The van der Waals surface area contributed by atoms with Crippen molar-refractivity contribution in [2.45, 2.75) is 52.1 Å². The number of benzene rings is 1. The number of hydrogen-bond donors (Lipinski definition) is 1. The van der Waals surface area contributed by atoms with Crippen LogP contribution >= 0.6 is 0 Å². The summed E-state index contributed by atoms with van der Waals surface area (Å²) in [5.74, 6) is 2.26. The van der Waals surface area contributed by atoms with E-state index in [9.17, 15) is 0 Å². The van der Waals surface area contributed by atoms with Crippen LogP contribution in [0.4, 0.5) is 0 Å². The third-order valence-corrected chi connectivity index (χ3v) is 4.78. The zero-order valence-corrected chi connectivity index (χ0v) is 13.2. The van der Waals surface area contributed by atoms with E-state index in [1.165, 1.54) is 31.2 Å². The maximum Gasteiger partial charge on any atom is 0.231 e. The number of nitrogens with one attached hydrogen (secondary N) is 1. The van der Waals surface area contributed by atoms with Crippen LogP contribution in [-0.2, 0) is 6.54 Å². The molecule has 1 aromatic carbocycles. The van der Waals surface area contributed by atoms with Crippen LogP contribution in [0.25, 0.3) is 0 Å². The maximum atomic E-state index is 5.48. The predicted molar refractivity (Wildman–Crippen MR) is 82.0 cm³/mol. The minimum atomic E-state index is 0.276. The molecule has 3 rings (SSSR count). The molecule has 1 heterocycles. The van der Waals surface area contributed by atoms with Crippen molar-refractivity contribution in [3.05, 3.63) is 17.7 Å². The van der Waals surface area contributed by atoms with Crippen molar-refractivity contribution in [2.75, 3.05) is 13.9 Å². The number of hydrogen-bond acceptors (Lipinski definition) is 4. The van der Waals surface area contributed by atoms with Gasteiger partial charge in [-0.15, -0.1) is 0 Å². The quantitative estimate of drug-likeness (QED) is 0.922. The van der Waals surface area contributed by atoms with Crippen molar-refractivity contribution in [1.82, 2.24) is 5.32 Å². The van der Waals surface area contributed by atoms with Gasteiger partial charge in [0.1, 0.15) is 0 Å². The van der Waals surface area contributed by atoms with Crippen molar-refractivity contribution in [1.29, 1.82) is 0 Å². The van der Waals surface area contributed by atoms with Crippen LogP contribution in [0.2, 0.25) is 0 Å². The van der Waals surface area contributed by atoms with E-state index in [4.69, 9.17) is 14.2 Å². The van der Waals surface area contributed by atoms with E-state index in [-0.39, 0.29) is 6.79 Å². The van der Waals surface area contributed by atoms with Gasteiger partial charge in [-0.3, -0.25) is 0 Å². The van der Waals surface area contributed by atoms with Crippen molar-refractivity contribution in [3.8, 4) is 17.2 Å². The van der Waals surface area contributed by atoms with Gasteiger partial charge in [-0.25, -0.2) is 0 Å². The highest BCUT2D eigenvalue weighted by molar-refractivity contribution is 5.55. The molecule has 1 aliphatic carbocycles. The van der Waals surface area contributed by atoms with Crippen molar-refractivity contribution in [2.24, 2.45) is 5.41 Å². The fourth-order valence-electron chi connectivity index (χ4n) is 3.40. The fourth-order valence-corrected chi connectivity index (χ4v) is 3.40. The lowest BCUT2D eigenvalue weighted by Crippen LogP contribution is -2.43. The number of methoxy groups -OCH3 is 1. The SMILES string of the molecule is COc1cc(CNC2CCCCC2(C)C)cc2c1OCO2. The van der Waals surface area contributed by atoms with Gasteiger partial charge in [0.25, 0.3) is 0 Å². The maximum absolute atomic E-state index is 5.48. The number of ether oxygens (including phenoxy) is 3. The first-order chi connectivity index (χ1) is 10.1. The van der Waals surface area contributed by atoms with Gasteiger partial charge >= 0.3 is 0 Å². The average Bonchev–Trinajstić information content (AvgIpc) is 2.93. The van der Waals surface area contributed by atoms with Crippen molar-refractivity contribution < 1.29 is 14.2 Å². The number of rotatable bonds is 4. The lowest BCUT2D eigenvalue weighted by atomic mass is 9.73. The van der Waals surface area contributed by atoms with Gasteiger partial charge in [-0.05, 0) is 36.0 Å². The molecule has 2 aliphatic rings. The summed E-state index contributed by atoms with van der Waals surface area (Å²) in [5.41, 5.74) is 1.55. The Hall–Kier alpha value is -1.42. The Labute approximate surface area is 126 Å². The summed E-state index contributed by atoms with van der Waals surface area (Å²) < 4.78 is 16.3. The first-order valence-electron chi connectivity index (χ1n) is 7.80. The van der Waals surface area contributed by atoms with E-state index in [1.807, 2.05) is 12.1 Å². The van der Waals surface area contributed by atoms with Gasteiger partial charge in [-0.2, -0.15) is 0 Å². The van der Waals surface area contributed by atoms with Crippen LogP contribution in [0.3, 0.4) is 0 Å². The van der Waals surface area contributed by atoms with Crippen LogP contribution in [0.1, 0.15) is 45.1 Å². The largest absolute Gasteiger partial charge is 0.493 e. The normalized spacial score (nSPS) is 23.1. The molecule has 1 atom stereocenters. The molecule has 0 saturated heterocycles. The Bertz CT molecular complexity index is 513. The molecule has 1 aliphatic heterocycles. The first kappa shape index (κ1) is 14.5.